The molecule has 3 nitrogen and oxygen atoms in total. The third-order valence-corrected chi connectivity index (χ3v) is 3.62. The van der Waals surface area contributed by atoms with Crippen LogP contribution in [0.15, 0.2) is 28.9 Å². The second-order valence-corrected chi connectivity index (χ2v) is 5.50. The zero-order valence-corrected chi connectivity index (χ0v) is 10.9. The largest absolute Gasteiger partial charge is 0.459 e. The van der Waals surface area contributed by atoms with Crippen molar-refractivity contribution in [3.63, 3.8) is 0 Å². The molecule has 0 unspecified atom stereocenters. The van der Waals surface area contributed by atoms with Crippen LogP contribution in [0, 0.1) is 13.8 Å². The minimum atomic E-state index is -0.175. The summed E-state index contributed by atoms with van der Waals surface area (Å²) in [6.07, 6.45) is 1.50. The predicted molar refractivity (Wildman–Crippen MR) is 68.4 cm³/mol. The van der Waals surface area contributed by atoms with Crippen LogP contribution in [0.3, 0.4) is 0 Å². The van der Waals surface area contributed by atoms with Gasteiger partial charge in [-0.2, -0.15) is 0 Å². The second kappa shape index (κ2) is 4.75. The van der Waals surface area contributed by atoms with Gasteiger partial charge < -0.3 is 9.73 Å². The van der Waals surface area contributed by atoms with Crippen molar-refractivity contribution in [2.45, 2.75) is 26.8 Å². The minimum absolute atomic E-state index is 0.00227. The van der Waals surface area contributed by atoms with E-state index in [1.165, 1.54) is 21.6 Å². The lowest BCUT2D eigenvalue weighted by molar-refractivity contribution is 0.0912. The number of carbonyl (C=O) groups is 1. The van der Waals surface area contributed by atoms with Crippen molar-refractivity contribution in [2.75, 3.05) is 0 Å². The van der Waals surface area contributed by atoms with Crippen LogP contribution in [-0.2, 0) is 0 Å². The zero-order valence-electron chi connectivity index (χ0n) is 10.1. The van der Waals surface area contributed by atoms with Gasteiger partial charge in [0.15, 0.2) is 5.76 Å². The number of hydrogen-bond donors (Lipinski definition) is 1. The molecule has 1 amide bonds. The van der Waals surface area contributed by atoms with E-state index in [1.54, 1.807) is 23.5 Å². The van der Waals surface area contributed by atoms with Gasteiger partial charge in [-0.25, -0.2) is 0 Å². The van der Waals surface area contributed by atoms with Crippen molar-refractivity contribution in [3.05, 3.63) is 45.5 Å². The summed E-state index contributed by atoms with van der Waals surface area (Å²) in [5, 5.41) is 2.93. The van der Waals surface area contributed by atoms with Gasteiger partial charge >= 0.3 is 0 Å². The molecule has 0 saturated carbocycles. The molecule has 0 spiro atoms. The van der Waals surface area contributed by atoms with Crippen molar-refractivity contribution in [2.24, 2.45) is 0 Å². The fraction of sp³-hybridized carbons (Fsp3) is 0.308. The molecule has 0 saturated heterocycles. The van der Waals surface area contributed by atoms with E-state index in [0.717, 1.165) is 0 Å². The van der Waals surface area contributed by atoms with Gasteiger partial charge in [-0.3, -0.25) is 4.79 Å². The van der Waals surface area contributed by atoms with Crippen LogP contribution in [0.2, 0.25) is 0 Å². The highest BCUT2D eigenvalue weighted by molar-refractivity contribution is 7.12. The first-order valence-corrected chi connectivity index (χ1v) is 6.31. The SMILES string of the molecule is Cc1cc([C@H](C)NC(=O)c2ccco2)c(C)s1. The summed E-state index contributed by atoms with van der Waals surface area (Å²) in [4.78, 5) is 14.3. The van der Waals surface area contributed by atoms with Crippen LogP contribution < -0.4 is 5.32 Å². The number of aryl methyl sites for hydroxylation is 2. The fourth-order valence-electron chi connectivity index (χ4n) is 1.83. The van der Waals surface area contributed by atoms with E-state index < -0.39 is 0 Å². The van der Waals surface area contributed by atoms with E-state index in [1.807, 2.05) is 6.92 Å². The molecule has 90 valence electrons. The van der Waals surface area contributed by atoms with Gasteiger partial charge in [0, 0.05) is 9.75 Å². The predicted octanol–water partition coefficient (Wildman–Crippen LogP) is 3.45. The first-order valence-electron chi connectivity index (χ1n) is 5.49. The summed E-state index contributed by atoms with van der Waals surface area (Å²) < 4.78 is 5.06. The highest BCUT2D eigenvalue weighted by atomic mass is 32.1. The number of nitrogens with one attached hydrogen (secondary N) is 1. The molecule has 17 heavy (non-hydrogen) atoms. The number of carbonyl (C=O) groups excluding carboxylic acids is 1. The molecule has 0 aromatic carbocycles. The zero-order chi connectivity index (χ0) is 12.4. The number of hydrogen-bond acceptors (Lipinski definition) is 3. The molecule has 0 radical (unpaired) electrons. The van der Waals surface area contributed by atoms with Crippen molar-refractivity contribution < 1.29 is 9.21 Å². The molecular weight excluding hydrogens is 234 g/mol. The standard InChI is InChI=1S/C13H15NO2S/c1-8-7-11(10(3)17-8)9(2)14-13(15)12-5-4-6-16-12/h4-7,9H,1-3H3,(H,14,15)/t9-/m0/s1. The molecule has 1 N–H and O–H groups in total. The Labute approximate surface area is 104 Å². The number of amides is 1. The summed E-state index contributed by atoms with van der Waals surface area (Å²) in [6, 6.07) is 5.48. The first-order chi connectivity index (χ1) is 8.08. The molecular formula is C13H15NO2S. The van der Waals surface area contributed by atoms with Crippen LogP contribution in [0.4, 0.5) is 0 Å². The highest BCUT2D eigenvalue weighted by Gasteiger charge is 2.16. The van der Waals surface area contributed by atoms with E-state index in [4.69, 9.17) is 4.42 Å². The average Bonchev–Trinajstić information content (AvgIpc) is 2.87. The normalized spacial score (nSPS) is 12.4. The monoisotopic (exact) mass is 249 g/mol. The van der Waals surface area contributed by atoms with Gasteiger partial charge in [-0.15, -0.1) is 11.3 Å². The Kier molecular flexibility index (Phi) is 3.33. The van der Waals surface area contributed by atoms with Crippen LogP contribution in [0.1, 0.15) is 38.8 Å². The van der Waals surface area contributed by atoms with Crippen LogP contribution in [0.25, 0.3) is 0 Å². The molecule has 2 aromatic heterocycles. The second-order valence-electron chi connectivity index (χ2n) is 4.04. The Bertz CT molecular complexity index is 514. The molecule has 0 bridgehead atoms. The molecule has 0 fully saturated rings. The Morgan fingerprint density at radius 2 is 2.24 bits per heavy atom. The quantitative estimate of drug-likeness (QED) is 0.905. The maximum Gasteiger partial charge on any atom is 0.287 e. The Morgan fingerprint density at radius 3 is 2.76 bits per heavy atom. The van der Waals surface area contributed by atoms with Crippen LogP contribution in [-0.4, -0.2) is 5.91 Å². The molecule has 1 atom stereocenters. The van der Waals surface area contributed by atoms with Crippen LogP contribution >= 0.6 is 11.3 Å². The Hall–Kier alpha value is -1.55. The van der Waals surface area contributed by atoms with Gasteiger partial charge in [0.05, 0.1) is 12.3 Å². The Balaban J connectivity index is 2.09. The van der Waals surface area contributed by atoms with E-state index in [9.17, 15) is 4.79 Å². The molecule has 2 aromatic rings. The van der Waals surface area contributed by atoms with E-state index in [0.29, 0.717) is 5.76 Å². The highest BCUT2D eigenvalue weighted by Crippen LogP contribution is 2.26. The molecule has 4 heteroatoms. The lowest BCUT2D eigenvalue weighted by Crippen LogP contribution is -2.26. The molecule has 2 heterocycles. The van der Waals surface area contributed by atoms with E-state index in [-0.39, 0.29) is 11.9 Å². The smallest absolute Gasteiger partial charge is 0.287 e. The van der Waals surface area contributed by atoms with Gasteiger partial charge in [-0.1, -0.05) is 0 Å². The fourth-order valence-corrected chi connectivity index (χ4v) is 2.86. The summed E-state index contributed by atoms with van der Waals surface area (Å²) in [6.45, 7) is 6.13. The maximum atomic E-state index is 11.8. The summed E-state index contributed by atoms with van der Waals surface area (Å²) in [5.74, 6) is 0.173. The van der Waals surface area contributed by atoms with Gasteiger partial charge in [0.25, 0.3) is 5.91 Å². The molecule has 0 aliphatic rings. The summed E-state index contributed by atoms with van der Waals surface area (Å²) in [7, 11) is 0. The average molecular weight is 249 g/mol. The van der Waals surface area contributed by atoms with Gasteiger partial charge in [0.1, 0.15) is 0 Å². The lowest BCUT2D eigenvalue weighted by Gasteiger charge is -2.12. The number of rotatable bonds is 3. The summed E-state index contributed by atoms with van der Waals surface area (Å²) in [5.41, 5.74) is 1.17. The lowest BCUT2D eigenvalue weighted by atomic mass is 10.1. The van der Waals surface area contributed by atoms with E-state index >= 15 is 0 Å². The van der Waals surface area contributed by atoms with Crippen molar-refractivity contribution in [1.29, 1.82) is 0 Å². The number of thiophene rings is 1. The molecule has 0 aliphatic heterocycles. The third kappa shape index (κ3) is 2.58. The van der Waals surface area contributed by atoms with Crippen LogP contribution in [0.5, 0.6) is 0 Å². The van der Waals surface area contributed by atoms with E-state index in [2.05, 4.69) is 25.2 Å². The first kappa shape index (κ1) is 11.9. The van der Waals surface area contributed by atoms with Crippen molar-refractivity contribution in [3.8, 4) is 0 Å². The van der Waals surface area contributed by atoms with Gasteiger partial charge in [-0.05, 0) is 44.5 Å². The topological polar surface area (TPSA) is 42.2 Å². The summed E-state index contributed by atoms with van der Waals surface area (Å²) >= 11 is 1.75. The molecule has 0 aliphatic carbocycles. The minimum Gasteiger partial charge on any atom is -0.459 e. The van der Waals surface area contributed by atoms with Crippen molar-refractivity contribution >= 4 is 17.2 Å². The van der Waals surface area contributed by atoms with Gasteiger partial charge in [0.2, 0.25) is 0 Å². The Morgan fingerprint density at radius 1 is 1.47 bits per heavy atom. The van der Waals surface area contributed by atoms with Crippen molar-refractivity contribution in [1.82, 2.24) is 5.32 Å². The molecule has 2 rings (SSSR count). The maximum absolute atomic E-state index is 11.8. The number of furan rings is 1. The third-order valence-electron chi connectivity index (χ3n) is 2.64.